The van der Waals surface area contributed by atoms with Crippen LogP contribution in [0.2, 0.25) is 0 Å². The number of furan rings is 1. The molecule has 186 valence electrons. The van der Waals surface area contributed by atoms with Crippen molar-refractivity contribution in [2.24, 2.45) is 0 Å². The molecule has 1 aliphatic rings. The van der Waals surface area contributed by atoms with Gasteiger partial charge in [0.05, 0.1) is 16.6 Å². The fourth-order valence-electron chi connectivity index (χ4n) is 7.21. The number of nitrogens with zero attached hydrogens (tertiary/aromatic N) is 1. The van der Waals surface area contributed by atoms with Crippen LogP contribution in [-0.4, -0.2) is 4.40 Å². The fraction of sp³-hybridized carbons (Fsp3) is 0.0526. The summed E-state index contributed by atoms with van der Waals surface area (Å²) in [5.74, 6) is 1.11. The number of allylic oxidation sites excluding steroid dienone is 1. The molecule has 9 aromatic rings. The first-order valence-corrected chi connectivity index (χ1v) is 14.1. The third-order valence-electron chi connectivity index (χ3n) is 9.08. The van der Waals surface area contributed by atoms with Gasteiger partial charge in [-0.05, 0) is 87.6 Å². The van der Waals surface area contributed by atoms with Gasteiger partial charge < -0.3 is 8.82 Å². The summed E-state index contributed by atoms with van der Waals surface area (Å²) in [6.45, 7) is 0. The van der Waals surface area contributed by atoms with E-state index in [9.17, 15) is 0 Å². The lowest BCUT2D eigenvalue weighted by Crippen LogP contribution is -1.88. The first-order chi connectivity index (χ1) is 19.8. The Morgan fingerprint density at radius 1 is 0.550 bits per heavy atom. The molecule has 1 aliphatic carbocycles. The van der Waals surface area contributed by atoms with Gasteiger partial charge in [0.25, 0.3) is 0 Å². The SMILES string of the molecule is C1=Cc2c(oc3ccc(-c4cc5c6cc7ccccc7cc6n6c7cc8ccccc8cc7c(c4)c56)cc23)CC1. The van der Waals surface area contributed by atoms with E-state index in [4.69, 9.17) is 4.42 Å². The molecule has 0 amide bonds. The predicted octanol–water partition coefficient (Wildman–Crippen LogP) is 10.5. The van der Waals surface area contributed by atoms with Crippen LogP contribution < -0.4 is 0 Å². The van der Waals surface area contributed by atoms with E-state index in [2.05, 4.69) is 120 Å². The Morgan fingerprint density at radius 2 is 1.15 bits per heavy atom. The molecule has 0 saturated heterocycles. The second-order valence-corrected chi connectivity index (χ2v) is 11.3. The molecule has 2 heteroatoms. The van der Waals surface area contributed by atoms with Crippen molar-refractivity contribution >= 4 is 76.7 Å². The van der Waals surface area contributed by atoms with Crippen molar-refractivity contribution in [3.05, 3.63) is 121 Å². The van der Waals surface area contributed by atoms with Crippen LogP contribution in [0.3, 0.4) is 0 Å². The molecule has 3 heterocycles. The van der Waals surface area contributed by atoms with Crippen LogP contribution in [0.25, 0.3) is 87.8 Å². The molecule has 0 saturated carbocycles. The minimum Gasteiger partial charge on any atom is -0.460 e. The van der Waals surface area contributed by atoms with E-state index in [0.29, 0.717) is 0 Å². The summed E-state index contributed by atoms with van der Waals surface area (Å²) in [5.41, 5.74) is 8.54. The van der Waals surface area contributed by atoms with E-state index in [1.54, 1.807) is 0 Å². The van der Waals surface area contributed by atoms with Crippen LogP contribution in [0.5, 0.6) is 0 Å². The minimum atomic E-state index is 0.976. The minimum absolute atomic E-state index is 0.976. The van der Waals surface area contributed by atoms with Crippen molar-refractivity contribution in [2.45, 2.75) is 12.8 Å². The van der Waals surface area contributed by atoms with E-state index < -0.39 is 0 Å². The molecule has 40 heavy (non-hydrogen) atoms. The molecular weight excluding hydrogens is 486 g/mol. The van der Waals surface area contributed by atoms with Crippen LogP contribution in [0.1, 0.15) is 17.7 Å². The Kier molecular flexibility index (Phi) is 3.81. The lowest BCUT2D eigenvalue weighted by molar-refractivity contribution is 0.546. The Bertz CT molecular complexity index is 2420. The first kappa shape index (κ1) is 20.8. The van der Waals surface area contributed by atoms with Crippen molar-refractivity contribution in [3.8, 4) is 11.1 Å². The van der Waals surface area contributed by atoms with E-state index in [1.165, 1.54) is 81.7 Å². The van der Waals surface area contributed by atoms with Gasteiger partial charge in [0, 0.05) is 38.9 Å². The highest BCUT2D eigenvalue weighted by atomic mass is 16.3. The summed E-state index contributed by atoms with van der Waals surface area (Å²) in [6, 6.07) is 38.4. The van der Waals surface area contributed by atoms with E-state index in [0.717, 1.165) is 24.2 Å². The van der Waals surface area contributed by atoms with Crippen LogP contribution in [0.4, 0.5) is 0 Å². The largest absolute Gasteiger partial charge is 0.460 e. The summed E-state index contributed by atoms with van der Waals surface area (Å²) in [4.78, 5) is 0. The van der Waals surface area contributed by atoms with Gasteiger partial charge in [-0.15, -0.1) is 0 Å². The molecule has 6 aromatic carbocycles. The molecule has 0 radical (unpaired) electrons. The highest BCUT2D eigenvalue weighted by Gasteiger charge is 2.21. The normalized spacial score (nSPS) is 13.7. The average molecular weight is 510 g/mol. The van der Waals surface area contributed by atoms with Crippen molar-refractivity contribution in [3.63, 3.8) is 0 Å². The molecule has 0 aliphatic heterocycles. The lowest BCUT2D eigenvalue weighted by atomic mass is 9.96. The number of rotatable bonds is 1. The zero-order valence-corrected chi connectivity index (χ0v) is 21.7. The van der Waals surface area contributed by atoms with Gasteiger partial charge >= 0.3 is 0 Å². The summed E-state index contributed by atoms with van der Waals surface area (Å²) in [6.07, 6.45) is 6.52. The summed E-state index contributed by atoms with van der Waals surface area (Å²) < 4.78 is 8.72. The summed E-state index contributed by atoms with van der Waals surface area (Å²) >= 11 is 0. The quantitative estimate of drug-likeness (QED) is 0.215. The van der Waals surface area contributed by atoms with Crippen molar-refractivity contribution in [1.29, 1.82) is 0 Å². The van der Waals surface area contributed by atoms with Gasteiger partial charge in [0.2, 0.25) is 0 Å². The van der Waals surface area contributed by atoms with Crippen LogP contribution in [0.15, 0.2) is 114 Å². The summed E-state index contributed by atoms with van der Waals surface area (Å²) in [7, 11) is 0. The molecule has 2 nitrogen and oxygen atoms in total. The molecule has 0 fully saturated rings. The van der Waals surface area contributed by atoms with Gasteiger partial charge in [-0.25, -0.2) is 0 Å². The number of fused-ring (bicyclic) bond motifs is 11. The van der Waals surface area contributed by atoms with Gasteiger partial charge in [-0.1, -0.05) is 66.7 Å². The maximum atomic E-state index is 6.22. The van der Waals surface area contributed by atoms with E-state index >= 15 is 0 Å². The molecule has 0 atom stereocenters. The Balaban J connectivity index is 1.37. The van der Waals surface area contributed by atoms with Gasteiger partial charge in [0.15, 0.2) is 0 Å². The monoisotopic (exact) mass is 509 g/mol. The lowest BCUT2D eigenvalue weighted by Gasteiger charge is -2.06. The predicted molar refractivity (Wildman–Crippen MR) is 169 cm³/mol. The standard InChI is InChI=1S/C38H23NO/c1-3-9-24-20-34-29(15-22(24)7-1)32-18-27(26-13-14-37-31(17-26)28-11-5-6-12-36(28)40-37)19-33-30-16-23-8-2-4-10-25(23)21-35(30)39(34)38(32)33/h1-5,7-11,13-21H,6,12H2. The number of hydrogen-bond acceptors (Lipinski definition) is 1. The number of hydrogen-bond donors (Lipinski definition) is 0. The van der Waals surface area contributed by atoms with Gasteiger partial charge in [-0.3, -0.25) is 0 Å². The number of benzene rings is 6. The molecule has 10 rings (SSSR count). The fourth-order valence-corrected chi connectivity index (χ4v) is 7.21. The van der Waals surface area contributed by atoms with Crippen molar-refractivity contribution in [2.75, 3.05) is 0 Å². The van der Waals surface area contributed by atoms with Crippen molar-refractivity contribution < 1.29 is 4.42 Å². The topological polar surface area (TPSA) is 17.6 Å². The Morgan fingerprint density at radius 3 is 1.80 bits per heavy atom. The van der Waals surface area contributed by atoms with Gasteiger partial charge in [0.1, 0.15) is 11.3 Å². The van der Waals surface area contributed by atoms with Gasteiger partial charge in [-0.2, -0.15) is 0 Å². The maximum Gasteiger partial charge on any atom is 0.134 e. The molecule has 0 spiro atoms. The van der Waals surface area contributed by atoms with E-state index in [-0.39, 0.29) is 0 Å². The smallest absolute Gasteiger partial charge is 0.134 e. The van der Waals surface area contributed by atoms with E-state index in [1.807, 2.05) is 0 Å². The molecule has 0 N–H and O–H groups in total. The average Bonchev–Trinajstić information content (AvgIpc) is 3.64. The second kappa shape index (κ2) is 7.31. The highest BCUT2D eigenvalue weighted by Crippen LogP contribution is 2.44. The number of aryl methyl sites for hydroxylation is 1. The summed E-state index contributed by atoms with van der Waals surface area (Å²) in [5, 5.41) is 11.5. The van der Waals surface area contributed by atoms with Crippen LogP contribution in [-0.2, 0) is 6.42 Å². The first-order valence-electron chi connectivity index (χ1n) is 14.1. The maximum absolute atomic E-state index is 6.22. The molecular formula is C38H23NO. The van der Waals surface area contributed by atoms with Crippen LogP contribution >= 0.6 is 0 Å². The third kappa shape index (κ3) is 2.63. The highest BCUT2D eigenvalue weighted by molar-refractivity contribution is 6.27. The molecule has 0 unspecified atom stereocenters. The molecule has 0 bridgehead atoms. The second-order valence-electron chi connectivity index (χ2n) is 11.3. The zero-order chi connectivity index (χ0) is 25.9. The zero-order valence-electron chi connectivity index (χ0n) is 21.7. The Labute approximate surface area is 229 Å². The van der Waals surface area contributed by atoms with Crippen LogP contribution in [0, 0.1) is 0 Å². The third-order valence-corrected chi connectivity index (χ3v) is 9.08. The van der Waals surface area contributed by atoms with Crippen molar-refractivity contribution in [1.82, 2.24) is 4.40 Å². The number of aromatic nitrogens is 1. The molecule has 3 aromatic heterocycles. The Hall–Kier alpha value is -5.08.